The van der Waals surface area contributed by atoms with Crippen molar-refractivity contribution in [1.29, 1.82) is 0 Å². The lowest BCUT2D eigenvalue weighted by Gasteiger charge is -2.15. The third-order valence-corrected chi connectivity index (χ3v) is 3.98. The number of benzene rings is 1. The lowest BCUT2D eigenvalue weighted by atomic mass is 10.0. The number of aromatic hydroxyl groups is 1. The molecule has 2 rings (SSSR count). The van der Waals surface area contributed by atoms with Crippen LogP contribution in [0.4, 0.5) is 0 Å². The fourth-order valence-corrected chi connectivity index (χ4v) is 2.32. The lowest BCUT2D eigenvalue weighted by Crippen LogP contribution is -2.24. The van der Waals surface area contributed by atoms with Crippen LogP contribution in [0.1, 0.15) is 24.0 Å². The van der Waals surface area contributed by atoms with E-state index < -0.39 is 0 Å². The Labute approximate surface area is 104 Å². The summed E-state index contributed by atoms with van der Waals surface area (Å²) in [5, 5.41) is 10.1. The van der Waals surface area contributed by atoms with Crippen LogP contribution in [-0.4, -0.2) is 17.8 Å². The second-order valence-corrected chi connectivity index (χ2v) is 5.42. The van der Waals surface area contributed by atoms with E-state index in [2.05, 4.69) is 15.9 Å². The molecular weight excluding hydrogens is 270 g/mol. The van der Waals surface area contributed by atoms with Gasteiger partial charge in [0, 0.05) is 21.1 Å². The summed E-state index contributed by atoms with van der Waals surface area (Å²) in [4.78, 5) is 0. The molecule has 1 aliphatic rings. The van der Waals surface area contributed by atoms with Crippen molar-refractivity contribution in [3.05, 3.63) is 21.7 Å². The van der Waals surface area contributed by atoms with E-state index in [1.165, 1.54) is 0 Å². The number of methoxy groups -OCH3 is 1. The molecule has 0 amide bonds. The zero-order valence-corrected chi connectivity index (χ0v) is 11.1. The minimum atomic E-state index is -0.114. The zero-order chi connectivity index (χ0) is 11.9. The number of halogens is 1. The maximum absolute atomic E-state index is 10.1. The van der Waals surface area contributed by atoms with Gasteiger partial charge in [0.2, 0.25) is 0 Å². The largest absolute Gasteiger partial charge is 0.504 e. The van der Waals surface area contributed by atoms with Crippen molar-refractivity contribution in [2.24, 2.45) is 5.73 Å². The first-order valence-corrected chi connectivity index (χ1v) is 6.10. The summed E-state index contributed by atoms with van der Waals surface area (Å²) < 4.78 is 6.16. The highest BCUT2D eigenvalue weighted by Crippen LogP contribution is 2.43. The second-order valence-electron chi connectivity index (χ2n) is 4.56. The molecule has 0 spiro atoms. The monoisotopic (exact) mass is 285 g/mol. The molecule has 0 aromatic heterocycles. The first-order valence-electron chi connectivity index (χ1n) is 5.31. The molecule has 0 saturated heterocycles. The Kier molecular flexibility index (Phi) is 2.88. The van der Waals surface area contributed by atoms with Crippen molar-refractivity contribution in [2.75, 3.05) is 7.11 Å². The molecule has 88 valence electrons. The molecule has 1 fully saturated rings. The van der Waals surface area contributed by atoms with Gasteiger partial charge in [-0.15, -0.1) is 0 Å². The Bertz CT molecular complexity index is 428. The Morgan fingerprint density at radius 1 is 1.56 bits per heavy atom. The molecular formula is C12H16BrNO2. The zero-order valence-electron chi connectivity index (χ0n) is 9.51. The Morgan fingerprint density at radius 3 is 2.69 bits per heavy atom. The summed E-state index contributed by atoms with van der Waals surface area (Å²) in [5.41, 5.74) is 7.71. The van der Waals surface area contributed by atoms with Crippen molar-refractivity contribution in [3.63, 3.8) is 0 Å². The van der Waals surface area contributed by atoms with Crippen LogP contribution >= 0.6 is 15.9 Å². The van der Waals surface area contributed by atoms with Crippen LogP contribution in [0.3, 0.4) is 0 Å². The van der Waals surface area contributed by atoms with Gasteiger partial charge in [0.25, 0.3) is 0 Å². The molecule has 0 unspecified atom stereocenters. The third kappa shape index (κ3) is 2.04. The van der Waals surface area contributed by atoms with Crippen LogP contribution in [0.2, 0.25) is 0 Å². The minimum absolute atomic E-state index is 0.114. The van der Waals surface area contributed by atoms with E-state index in [0.29, 0.717) is 12.2 Å². The smallest absolute Gasteiger partial charge is 0.164 e. The first kappa shape index (κ1) is 11.7. The van der Waals surface area contributed by atoms with Gasteiger partial charge in [-0.2, -0.15) is 0 Å². The van der Waals surface area contributed by atoms with E-state index >= 15 is 0 Å². The van der Waals surface area contributed by atoms with Crippen LogP contribution in [-0.2, 0) is 6.42 Å². The standard InChI is InChI=1S/C12H16BrNO2/c1-7-9(13)5-8(6-12(14)3-4-12)10(15)11(7)16-2/h5,15H,3-4,6,14H2,1-2H3. The highest BCUT2D eigenvalue weighted by molar-refractivity contribution is 9.10. The van der Waals surface area contributed by atoms with Crippen molar-refractivity contribution in [1.82, 2.24) is 0 Å². The van der Waals surface area contributed by atoms with Crippen LogP contribution < -0.4 is 10.5 Å². The summed E-state index contributed by atoms with van der Waals surface area (Å²) in [6, 6.07) is 1.93. The maximum Gasteiger partial charge on any atom is 0.164 e. The second kappa shape index (κ2) is 3.93. The van der Waals surface area contributed by atoms with E-state index in [0.717, 1.165) is 28.4 Å². The number of phenols is 1. The number of ether oxygens (including phenoxy) is 1. The Hall–Kier alpha value is -0.740. The molecule has 4 heteroatoms. The summed E-state index contributed by atoms with van der Waals surface area (Å²) in [6.07, 6.45) is 2.76. The van der Waals surface area contributed by atoms with Crippen LogP contribution in [0.25, 0.3) is 0 Å². The predicted molar refractivity (Wildman–Crippen MR) is 67.0 cm³/mol. The van der Waals surface area contributed by atoms with E-state index in [9.17, 15) is 5.11 Å². The molecule has 1 aliphatic carbocycles. The molecule has 0 aliphatic heterocycles. The van der Waals surface area contributed by atoms with Crippen molar-refractivity contribution >= 4 is 15.9 Å². The molecule has 0 heterocycles. The minimum Gasteiger partial charge on any atom is -0.504 e. The molecule has 0 bridgehead atoms. The summed E-state index contributed by atoms with van der Waals surface area (Å²) >= 11 is 3.47. The highest BCUT2D eigenvalue weighted by Gasteiger charge is 2.39. The summed E-state index contributed by atoms with van der Waals surface area (Å²) in [6.45, 7) is 1.90. The lowest BCUT2D eigenvalue weighted by molar-refractivity contribution is 0.366. The van der Waals surface area contributed by atoms with E-state index in [1.54, 1.807) is 7.11 Å². The number of rotatable bonds is 3. The van der Waals surface area contributed by atoms with Gasteiger partial charge < -0.3 is 15.6 Å². The van der Waals surface area contributed by atoms with Crippen molar-refractivity contribution in [3.8, 4) is 11.5 Å². The van der Waals surface area contributed by atoms with Crippen LogP contribution in [0.15, 0.2) is 10.5 Å². The van der Waals surface area contributed by atoms with Gasteiger partial charge >= 0.3 is 0 Å². The number of phenolic OH excluding ortho intramolecular Hbond substituents is 1. The maximum atomic E-state index is 10.1. The predicted octanol–water partition coefficient (Wildman–Crippen LogP) is 2.51. The first-order chi connectivity index (χ1) is 7.47. The average molecular weight is 286 g/mol. The fourth-order valence-electron chi connectivity index (χ4n) is 1.86. The molecule has 1 aromatic rings. The van der Waals surface area contributed by atoms with Gasteiger partial charge in [-0.3, -0.25) is 0 Å². The highest BCUT2D eigenvalue weighted by atomic mass is 79.9. The number of hydrogen-bond acceptors (Lipinski definition) is 3. The van der Waals surface area contributed by atoms with Gasteiger partial charge in [0.15, 0.2) is 11.5 Å². The van der Waals surface area contributed by atoms with Gasteiger partial charge in [0.1, 0.15) is 0 Å². The van der Waals surface area contributed by atoms with Crippen molar-refractivity contribution in [2.45, 2.75) is 31.7 Å². The van der Waals surface area contributed by atoms with E-state index in [-0.39, 0.29) is 11.3 Å². The van der Waals surface area contributed by atoms with Crippen molar-refractivity contribution < 1.29 is 9.84 Å². The van der Waals surface area contributed by atoms with Crippen LogP contribution in [0, 0.1) is 6.92 Å². The van der Waals surface area contributed by atoms with Gasteiger partial charge in [-0.25, -0.2) is 0 Å². The molecule has 0 radical (unpaired) electrons. The Balaban J connectivity index is 2.41. The summed E-state index contributed by atoms with van der Waals surface area (Å²) in [5.74, 6) is 0.758. The molecule has 3 N–H and O–H groups in total. The third-order valence-electron chi connectivity index (χ3n) is 3.16. The topological polar surface area (TPSA) is 55.5 Å². The molecule has 16 heavy (non-hydrogen) atoms. The van der Waals surface area contributed by atoms with E-state index in [4.69, 9.17) is 10.5 Å². The molecule has 3 nitrogen and oxygen atoms in total. The molecule has 1 saturated carbocycles. The SMILES string of the molecule is COc1c(C)c(Br)cc(CC2(N)CC2)c1O. The molecule has 0 atom stereocenters. The van der Waals surface area contributed by atoms with Gasteiger partial charge in [-0.1, -0.05) is 15.9 Å². The van der Waals surface area contributed by atoms with Gasteiger partial charge in [0.05, 0.1) is 7.11 Å². The number of nitrogens with two attached hydrogens (primary N) is 1. The summed E-state index contributed by atoms with van der Waals surface area (Å²) in [7, 11) is 1.56. The van der Waals surface area contributed by atoms with Crippen LogP contribution in [0.5, 0.6) is 11.5 Å². The average Bonchev–Trinajstić information content (AvgIpc) is 2.94. The fraction of sp³-hybridized carbons (Fsp3) is 0.500. The van der Waals surface area contributed by atoms with E-state index in [1.807, 2.05) is 13.0 Å². The Morgan fingerprint density at radius 2 is 2.19 bits per heavy atom. The van der Waals surface area contributed by atoms with Gasteiger partial charge in [-0.05, 0) is 32.3 Å². The number of hydrogen-bond donors (Lipinski definition) is 2. The quantitative estimate of drug-likeness (QED) is 0.897. The molecule has 1 aromatic carbocycles. The normalized spacial score (nSPS) is 17.2.